The molecule has 1 aromatic heterocycles. The van der Waals surface area contributed by atoms with E-state index >= 15 is 0 Å². The topological polar surface area (TPSA) is 48.7 Å². The van der Waals surface area contributed by atoms with Crippen LogP contribution < -0.4 is 5.32 Å². The molecule has 0 atom stereocenters. The van der Waals surface area contributed by atoms with Crippen LogP contribution in [0.4, 0.5) is 5.69 Å². The summed E-state index contributed by atoms with van der Waals surface area (Å²) in [4.78, 5) is 4.46. The molecule has 0 saturated heterocycles. The van der Waals surface area contributed by atoms with Crippen molar-refractivity contribution < 1.29 is 0 Å². The summed E-state index contributed by atoms with van der Waals surface area (Å²) in [5.41, 5.74) is 3.55. The van der Waals surface area contributed by atoms with Crippen molar-refractivity contribution in [3.05, 3.63) is 70.3 Å². The van der Waals surface area contributed by atoms with E-state index in [9.17, 15) is 0 Å². The van der Waals surface area contributed by atoms with Crippen molar-refractivity contribution in [1.82, 2.24) is 4.98 Å². The molecule has 0 bridgehead atoms. The summed E-state index contributed by atoms with van der Waals surface area (Å²) in [6, 6.07) is 17.7. The molecule has 0 aliphatic heterocycles. The maximum Gasteiger partial charge on any atom is 0.101 e. The number of para-hydroxylation sites is 1. The highest BCUT2D eigenvalue weighted by Gasteiger charge is 2.06. The number of nitrogens with one attached hydrogen (secondary N) is 1. The van der Waals surface area contributed by atoms with Gasteiger partial charge in [0.05, 0.1) is 16.8 Å². The van der Waals surface area contributed by atoms with Gasteiger partial charge in [0.2, 0.25) is 0 Å². The molecule has 3 nitrogen and oxygen atoms in total. The summed E-state index contributed by atoms with van der Waals surface area (Å²) in [5, 5.41) is 13.5. The number of hydrogen-bond donors (Lipinski definition) is 1. The zero-order valence-electron chi connectivity index (χ0n) is 11.2. The van der Waals surface area contributed by atoms with Crippen molar-refractivity contribution >= 4 is 32.5 Å². The highest BCUT2D eigenvalue weighted by atomic mass is 79.9. The first kappa shape index (κ1) is 13.6. The molecule has 102 valence electrons. The van der Waals surface area contributed by atoms with Crippen LogP contribution in [0.2, 0.25) is 0 Å². The van der Waals surface area contributed by atoms with Gasteiger partial charge in [0, 0.05) is 22.6 Å². The Morgan fingerprint density at radius 3 is 2.81 bits per heavy atom. The van der Waals surface area contributed by atoms with Crippen LogP contribution in [0.5, 0.6) is 0 Å². The highest BCUT2D eigenvalue weighted by Crippen LogP contribution is 2.26. The number of hydrogen-bond acceptors (Lipinski definition) is 3. The third-order valence-electron chi connectivity index (χ3n) is 3.32. The number of aromatic nitrogens is 1. The van der Waals surface area contributed by atoms with Crippen LogP contribution >= 0.6 is 15.9 Å². The third kappa shape index (κ3) is 2.74. The number of benzene rings is 2. The Morgan fingerprint density at radius 2 is 1.95 bits per heavy atom. The van der Waals surface area contributed by atoms with Gasteiger partial charge in [-0.05, 0) is 29.8 Å². The molecular weight excluding hydrogens is 326 g/mol. The fourth-order valence-electron chi connectivity index (χ4n) is 2.26. The first-order valence-corrected chi connectivity index (χ1v) is 7.34. The van der Waals surface area contributed by atoms with Crippen molar-refractivity contribution in [1.29, 1.82) is 5.26 Å². The summed E-state index contributed by atoms with van der Waals surface area (Å²) in [5.74, 6) is 0. The molecule has 1 N–H and O–H groups in total. The van der Waals surface area contributed by atoms with E-state index in [1.165, 1.54) is 0 Å². The lowest BCUT2D eigenvalue weighted by Crippen LogP contribution is -2.02. The Kier molecular flexibility index (Phi) is 3.85. The molecule has 4 heteroatoms. The largest absolute Gasteiger partial charge is 0.380 e. The van der Waals surface area contributed by atoms with Crippen molar-refractivity contribution in [3.63, 3.8) is 0 Å². The van der Waals surface area contributed by atoms with Gasteiger partial charge in [0.1, 0.15) is 6.07 Å². The van der Waals surface area contributed by atoms with E-state index in [-0.39, 0.29) is 0 Å². The quantitative estimate of drug-likeness (QED) is 0.766. The van der Waals surface area contributed by atoms with Crippen LogP contribution in [-0.2, 0) is 6.54 Å². The summed E-state index contributed by atoms with van der Waals surface area (Å²) >= 11 is 3.55. The fourth-order valence-corrected chi connectivity index (χ4v) is 2.72. The fraction of sp³-hybridized carbons (Fsp3) is 0.0588. The Hall–Kier alpha value is -2.38. The lowest BCUT2D eigenvalue weighted by atomic mass is 10.1. The minimum absolute atomic E-state index is 0.624. The zero-order valence-corrected chi connectivity index (χ0v) is 12.8. The lowest BCUT2D eigenvalue weighted by Gasteiger charge is -2.10. The molecule has 0 aliphatic rings. The maximum atomic E-state index is 9.12. The summed E-state index contributed by atoms with van der Waals surface area (Å²) in [7, 11) is 0. The van der Waals surface area contributed by atoms with Gasteiger partial charge in [-0.15, -0.1) is 0 Å². The molecule has 1 heterocycles. The number of nitriles is 1. The first-order valence-electron chi connectivity index (χ1n) is 6.54. The number of fused-ring (bicyclic) bond motifs is 1. The Balaban J connectivity index is 1.93. The molecular formula is C17H12BrN3. The Labute approximate surface area is 131 Å². The molecule has 3 rings (SSSR count). The normalized spacial score (nSPS) is 10.3. The van der Waals surface area contributed by atoms with E-state index in [0.29, 0.717) is 12.1 Å². The van der Waals surface area contributed by atoms with Crippen LogP contribution in [0.1, 0.15) is 11.1 Å². The Bertz CT molecular complexity index is 837. The number of halogens is 1. The van der Waals surface area contributed by atoms with Crippen LogP contribution in [-0.4, -0.2) is 4.98 Å². The molecule has 2 aromatic carbocycles. The smallest absolute Gasteiger partial charge is 0.101 e. The third-order valence-corrected chi connectivity index (χ3v) is 4.01. The second-order valence-electron chi connectivity index (χ2n) is 4.62. The number of pyridine rings is 1. The van der Waals surface area contributed by atoms with Crippen molar-refractivity contribution in [2.45, 2.75) is 6.54 Å². The standard InChI is InChI=1S/C17H12BrN3/c18-15-8-7-13(17-14(15)5-3-9-20-17)11-21-16-6-2-1-4-12(16)10-19/h1-9,21H,11H2. The molecule has 0 amide bonds. The molecule has 3 aromatic rings. The van der Waals surface area contributed by atoms with Crippen molar-refractivity contribution in [2.75, 3.05) is 5.32 Å². The van der Waals surface area contributed by atoms with E-state index < -0.39 is 0 Å². The van der Waals surface area contributed by atoms with Crippen LogP contribution in [0.15, 0.2) is 59.2 Å². The Morgan fingerprint density at radius 1 is 1.10 bits per heavy atom. The molecule has 0 aliphatic carbocycles. The number of anilines is 1. The van der Waals surface area contributed by atoms with Gasteiger partial charge in [0.15, 0.2) is 0 Å². The van der Waals surface area contributed by atoms with E-state index in [1.54, 1.807) is 12.3 Å². The second-order valence-corrected chi connectivity index (χ2v) is 5.47. The first-order chi connectivity index (χ1) is 10.3. The van der Waals surface area contributed by atoms with Gasteiger partial charge in [-0.1, -0.05) is 40.2 Å². The number of rotatable bonds is 3. The molecule has 0 radical (unpaired) electrons. The molecule has 21 heavy (non-hydrogen) atoms. The molecule has 0 saturated carbocycles. The van der Waals surface area contributed by atoms with Gasteiger partial charge in [-0.3, -0.25) is 4.98 Å². The van der Waals surface area contributed by atoms with Crippen molar-refractivity contribution in [3.8, 4) is 6.07 Å². The number of nitrogens with zero attached hydrogens (tertiary/aromatic N) is 2. The molecule has 0 spiro atoms. The average molecular weight is 338 g/mol. The van der Waals surface area contributed by atoms with Gasteiger partial charge >= 0.3 is 0 Å². The van der Waals surface area contributed by atoms with Crippen LogP contribution in [0, 0.1) is 11.3 Å². The van der Waals surface area contributed by atoms with E-state index in [0.717, 1.165) is 26.6 Å². The lowest BCUT2D eigenvalue weighted by molar-refractivity contribution is 1.15. The second kappa shape index (κ2) is 5.94. The zero-order chi connectivity index (χ0) is 14.7. The van der Waals surface area contributed by atoms with E-state index in [1.807, 2.05) is 42.5 Å². The van der Waals surface area contributed by atoms with Gasteiger partial charge in [-0.25, -0.2) is 0 Å². The monoisotopic (exact) mass is 337 g/mol. The predicted octanol–water partition coefficient (Wildman–Crippen LogP) is 4.48. The minimum atomic E-state index is 0.624. The van der Waals surface area contributed by atoms with Crippen LogP contribution in [0.3, 0.4) is 0 Å². The summed E-state index contributed by atoms with van der Waals surface area (Å²) in [6.07, 6.45) is 1.79. The SMILES string of the molecule is N#Cc1ccccc1NCc1ccc(Br)c2cccnc12. The highest BCUT2D eigenvalue weighted by molar-refractivity contribution is 9.10. The van der Waals surface area contributed by atoms with E-state index in [4.69, 9.17) is 5.26 Å². The minimum Gasteiger partial charge on any atom is -0.380 e. The predicted molar refractivity (Wildman–Crippen MR) is 87.9 cm³/mol. The van der Waals surface area contributed by atoms with Crippen LogP contribution in [0.25, 0.3) is 10.9 Å². The average Bonchev–Trinajstić information content (AvgIpc) is 2.55. The maximum absolute atomic E-state index is 9.12. The van der Waals surface area contributed by atoms with Gasteiger partial charge in [0.25, 0.3) is 0 Å². The summed E-state index contributed by atoms with van der Waals surface area (Å²) < 4.78 is 1.03. The van der Waals surface area contributed by atoms with Gasteiger partial charge in [-0.2, -0.15) is 5.26 Å². The van der Waals surface area contributed by atoms with Gasteiger partial charge < -0.3 is 5.32 Å². The van der Waals surface area contributed by atoms with Crippen molar-refractivity contribution in [2.24, 2.45) is 0 Å². The van der Waals surface area contributed by atoms with E-state index in [2.05, 4.69) is 32.3 Å². The summed E-state index contributed by atoms with van der Waals surface area (Å²) in [6.45, 7) is 0.624. The molecule has 0 unspecified atom stereocenters. The molecule has 0 fully saturated rings.